The number of fused-ring (bicyclic) bond motifs is 1. The summed E-state index contributed by atoms with van der Waals surface area (Å²) in [5.41, 5.74) is 3.94. The molecule has 1 fully saturated rings. The summed E-state index contributed by atoms with van der Waals surface area (Å²) in [5, 5.41) is 1.07. The van der Waals surface area contributed by atoms with Crippen molar-refractivity contribution in [3.63, 3.8) is 0 Å². The molecule has 1 heterocycles. The van der Waals surface area contributed by atoms with Gasteiger partial charge < -0.3 is 4.42 Å². The summed E-state index contributed by atoms with van der Waals surface area (Å²) in [7, 11) is 2.16. The van der Waals surface area contributed by atoms with E-state index in [9.17, 15) is 4.79 Å². The van der Waals surface area contributed by atoms with Crippen LogP contribution in [0.15, 0.2) is 27.4 Å². The summed E-state index contributed by atoms with van der Waals surface area (Å²) in [6.07, 6.45) is 5.19. The fourth-order valence-corrected chi connectivity index (χ4v) is 3.36. The van der Waals surface area contributed by atoms with E-state index < -0.39 is 0 Å². The smallest absolute Gasteiger partial charge is 0.336 e. The van der Waals surface area contributed by atoms with E-state index in [-0.39, 0.29) is 5.63 Å². The molecule has 1 aromatic heterocycles. The molecule has 112 valence electrons. The van der Waals surface area contributed by atoms with Crippen molar-refractivity contribution < 1.29 is 4.42 Å². The Kier molecular flexibility index (Phi) is 3.85. The third kappa shape index (κ3) is 2.88. The summed E-state index contributed by atoms with van der Waals surface area (Å²) in [6.45, 7) is 4.96. The second-order valence-electron chi connectivity index (χ2n) is 6.38. The van der Waals surface area contributed by atoms with Gasteiger partial charge in [0.25, 0.3) is 0 Å². The van der Waals surface area contributed by atoms with Gasteiger partial charge in [0.15, 0.2) is 0 Å². The normalized spacial score (nSPS) is 16.2. The van der Waals surface area contributed by atoms with Gasteiger partial charge in [0, 0.05) is 24.0 Å². The van der Waals surface area contributed by atoms with E-state index in [1.807, 2.05) is 13.0 Å². The molecule has 2 aromatic rings. The maximum absolute atomic E-state index is 11.8. The van der Waals surface area contributed by atoms with Gasteiger partial charge in [0.1, 0.15) is 5.58 Å². The molecule has 0 unspecified atom stereocenters. The van der Waals surface area contributed by atoms with Crippen LogP contribution in [0.4, 0.5) is 0 Å². The first kappa shape index (κ1) is 14.3. The second kappa shape index (κ2) is 5.64. The van der Waals surface area contributed by atoms with Crippen LogP contribution in [0.25, 0.3) is 11.0 Å². The molecule has 1 aliphatic rings. The first-order valence-electron chi connectivity index (χ1n) is 7.79. The highest BCUT2D eigenvalue weighted by atomic mass is 16.4. The Morgan fingerprint density at radius 2 is 1.81 bits per heavy atom. The molecule has 0 radical (unpaired) electrons. The van der Waals surface area contributed by atoms with Crippen LogP contribution >= 0.6 is 0 Å². The van der Waals surface area contributed by atoms with Gasteiger partial charge >= 0.3 is 5.63 Å². The lowest BCUT2D eigenvalue weighted by Gasteiger charge is -2.24. The molecule has 3 rings (SSSR count). The van der Waals surface area contributed by atoms with Crippen LogP contribution in [0.2, 0.25) is 0 Å². The van der Waals surface area contributed by atoms with E-state index in [4.69, 9.17) is 4.42 Å². The zero-order valence-corrected chi connectivity index (χ0v) is 13.1. The van der Waals surface area contributed by atoms with Gasteiger partial charge in [0.2, 0.25) is 0 Å². The number of hydrogen-bond donors (Lipinski definition) is 0. The third-order valence-corrected chi connectivity index (χ3v) is 4.81. The van der Waals surface area contributed by atoms with Gasteiger partial charge in [-0.25, -0.2) is 4.79 Å². The van der Waals surface area contributed by atoms with Gasteiger partial charge in [-0.3, -0.25) is 4.90 Å². The highest BCUT2D eigenvalue weighted by molar-refractivity contribution is 5.81. The van der Waals surface area contributed by atoms with E-state index in [1.54, 1.807) is 6.07 Å². The zero-order chi connectivity index (χ0) is 15.0. The Labute approximate surface area is 125 Å². The van der Waals surface area contributed by atoms with Gasteiger partial charge in [0.05, 0.1) is 0 Å². The molecule has 0 saturated heterocycles. The van der Waals surface area contributed by atoms with Crippen molar-refractivity contribution in [2.75, 3.05) is 7.05 Å². The summed E-state index contributed by atoms with van der Waals surface area (Å²) in [5.74, 6) is 0. The summed E-state index contributed by atoms with van der Waals surface area (Å²) in [4.78, 5) is 14.2. The first-order valence-corrected chi connectivity index (χ1v) is 7.79. The molecular weight excluding hydrogens is 262 g/mol. The minimum atomic E-state index is -0.249. The van der Waals surface area contributed by atoms with Crippen LogP contribution in [-0.4, -0.2) is 18.0 Å². The quantitative estimate of drug-likeness (QED) is 0.805. The van der Waals surface area contributed by atoms with E-state index >= 15 is 0 Å². The molecule has 0 spiro atoms. The molecule has 0 aliphatic heterocycles. The monoisotopic (exact) mass is 285 g/mol. The summed E-state index contributed by atoms with van der Waals surface area (Å²) < 4.78 is 5.37. The Bertz CT molecular complexity index is 711. The van der Waals surface area contributed by atoms with Crippen molar-refractivity contribution >= 4 is 11.0 Å². The van der Waals surface area contributed by atoms with Crippen molar-refractivity contribution in [1.82, 2.24) is 4.90 Å². The minimum absolute atomic E-state index is 0.249. The maximum atomic E-state index is 11.8. The van der Waals surface area contributed by atoms with Crippen LogP contribution in [0.1, 0.15) is 42.4 Å². The molecule has 0 N–H and O–H groups in total. The predicted octanol–water partition coefficient (Wildman–Crippen LogP) is 3.78. The number of benzene rings is 1. The Hall–Kier alpha value is -1.61. The minimum Gasteiger partial charge on any atom is -0.423 e. The standard InChI is InChI=1S/C18H23NO2/c1-12-8-16-14(11-19(3)15-6-4-5-7-15)10-18(20)21-17(16)9-13(12)2/h8-10,15H,4-7,11H2,1-3H3. The average molecular weight is 285 g/mol. The molecule has 1 aliphatic carbocycles. The van der Waals surface area contributed by atoms with E-state index in [1.165, 1.54) is 31.2 Å². The van der Waals surface area contributed by atoms with Crippen molar-refractivity contribution in [1.29, 1.82) is 0 Å². The van der Waals surface area contributed by atoms with Crippen molar-refractivity contribution in [2.45, 2.75) is 52.1 Å². The van der Waals surface area contributed by atoms with Crippen molar-refractivity contribution in [3.05, 3.63) is 45.3 Å². The number of aryl methyl sites for hydroxylation is 2. The lowest BCUT2D eigenvalue weighted by atomic mass is 10.0. The fourth-order valence-electron chi connectivity index (χ4n) is 3.36. The summed E-state index contributed by atoms with van der Waals surface area (Å²) >= 11 is 0. The first-order chi connectivity index (χ1) is 10.0. The van der Waals surface area contributed by atoms with Gasteiger partial charge in [-0.05, 0) is 62.6 Å². The van der Waals surface area contributed by atoms with Crippen molar-refractivity contribution in [2.24, 2.45) is 0 Å². The number of nitrogens with zero attached hydrogens (tertiary/aromatic N) is 1. The molecule has 1 saturated carbocycles. The molecule has 0 amide bonds. The largest absolute Gasteiger partial charge is 0.423 e. The predicted molar refractivity (Wildman–Crippen MR) is 85.7 cm³/mol. The van der Waals surface area contributed by atoms with Crippen LogP contribution < -0.4 is 5.63 Å². The van der Waals surface area contributed by atoms with Gasteiger partial charge in [-0.1, -0.05) is 12.8 Å². The summed E-state index contributed by atoms with van der Waals surface area (Å²) in [6, 6.07) is 6.43. The molecule has 3 heteroatoms. The average Bonchev–Trinajstić information content (AvgIpc) is 2.95. The Balaban J connectivity index is 2.00. The molecule has 0 atom stereocenters. The number of hydrogen-bond acceptors (Lipinski definition) is 3. The lowest BCUT2D eigenvalue weighted by molar-refractivity contribution is 0.238. The highest BCUT2D eigenvalue weighted by Gasteiger charge is 2.20. The highest BCUT2D eigenvalue weighted by Crippen LogP contribution is 2.26. The van der Waals surface area contributed by atoms with Crippen LogP contribution in [-0.2, 0) is 6.54 Å². The topological polar surface area (TPSA) is 33.5 Å². The maximum Gasteiger partial charge on any atom is 0.336 e. The second-order valence-corrected chi connectivity index (χ2v) is 6.38. The van der Waals surface area contributed by atoms with Crippen LogP contribution in [0.3, 0.4) is 0 Å². The molecule has 21 heavy (non-hydrogen) atoms. The van der Waals surface area contributed by atoms with Gasteiger partial charge in [-0.15, -0.1) is 0 Å². The SMILES string of the molecule is Cc1cc2oc(=O)cc(CN(C)C3CCCC3)c2cc1C. The van der Waals surface area contributed by atoms with E-state index in [2.05, 4.69) is 24.9 Å². The van der Waals surface area contributed by atoms with E-state index in [0.717, 1.165) is 23.1 Å². The van der Waals surface area contributed by atoms with Crippen LogP contribution in [0, 0.1) is 13.8 Å². The zero-order valence-electron chi connectivity index (χ0n) is 13.1. The van der Waals surface area contributed by atoms with Gasteiger partial charge in [-0.2, -0.15) is 0 Å². The Morgan fingerprint density at radius 1 is 1.14 bits per heavy atom. The fraction of sp³-hybridized carbons (Fsp3) is 0.500. The van der Waals surface area contributed by atoms with Crippen LogP contribution in [0.5, 0.6) is 0 Å². The lowest BCUT2D eigenvalue weighted by Crippen LogP contribution is -2.29. The molecular formula is C18H23NO2. The number of rotatable bonds is 3. The van der Waals surface area contributed by atoms with E-state index in [0.29, 0.717) is 11.6 Å². The molecule has 3 nitrogen and oxygen atoms in total. The Morgan fingerprint density at radius 3 is 2.52 bits per heavy atom. The third-order valence-electron chi connectivity index (χ3n) is 4.81. The molecule has 0 bridgehead atoms. The van der Waals surface area contributed by atoms with Crippen molar-refractivity contribution in [3.8, 4) is 0 Å². The molecule has 1 aromatic carbocycles.